The molecule has 0 radical (unpaired) electrons. The number of hydrogen-bond donors (Lipinski definition) is 1. The molecule has 0 bridgehead atoms. The van der Waals surface area contributed by atoms with E-state index in [0.29, 0.717) is 27.4 Å². The highest BCUT2D eigenvalue weighted by molar-refractivity contribution is 6.32. The van der Waals surface area contributed by atoms with Crippen LogP contribution in [0.5, 0.6) is 5.75 Å². The van der Waals surface area contributed by atoms with Gasteiger partial charge < -0.3 is 9.84 Å². The summed E-state index contributed by atoms with van der Waals surface area (Å²) in [6.45, 7) is -1.21. The predicted molar refractivity (Wildman–Crippen MR) is 109 cm³/mol. The maximum Gasteiger partial charge on any atom is 0.325 e. The SMILES string of the molecule is O=C(O)Cn1nc(Cn2cc3cc(OCC(F)F)c(Cl)cc3n2)c2ccccc2c1=O. The first-order valence-corrected chi connectivity index (χ1v) is 9.48. The molecule has 8 nitrogen and oxygen atoms in total. The van der Waals surface area contributed by atoms with Crippen molar-refractivity contribution in [1.29, 1.82) is 0 Å². The number of carboxylic acids is 1. The molecule has 11 heteroatoms. The first-order chi connectivity index (χ1) is 14.8. The Balaban J connectivity index is 1.74. The number of ether oxygens (including phenoxy) is 1. The van der Waals surface area contributed by atoms with Crippen molar-refractivity contribution in [3.05, 3.63) is 63.7 Å². The number of benzene rings is 2. The van der Waals surface area contributed by atoms with Gasteiger partial charge in [-0.05, 0) is 18.2 Å². The second-order valence-electron chi connectivity index (χ2n) is 6.72. The Hall–Kier alpha value is -3.53. The van der Waals surface area contributed by atoms with Crippen LogP contribution in [0, 0.1) is 0 Å². The van der Waals surface area contributed by atoms with Gasteiger partial charge in [0.15, 0.2) is 0 Å². The molecule has 1 N–H and O–H groups in total. The van der Waals surface area contributed by atoms with Gasteiger partial charge in [0.25, 0.3) is 12.0 Å². The van der Waals surface area contributed by atoms with Crippen LogP contribution in [0.15, 0.2) is 47.4 Å². The van der Waals surface area contributed by atoms with Gasteiger partial charge in [0.05, 0.1) is 28.2 Å². The quantitative estimate of drug-likeness (QED) is 0.466. The molecule has 0 saturated heterocycles. The van der Waals surface area contributed by atoms with E-state index < -0.39 is 31.1 Å². The van der Waals surface area contributed by atoms with Crippen molar-refractivity contribution in [3.8, 4) is 5.75 Å². The van der Waals surface area contributed by atoms with Crippen LogP contribution >= 0.6 is 11.6 Å². The van der Waals surface area contributed by atoms with Crippen molar-refractivity contribution >= 4 is 39.2 Å². The summed E-state index contributed by atoms with van der Waals surface area (Å²) in [4.78, 5) is 23.6. The summed E-state index contributed by atoms with van der Waals surface area (Å²) in [5, 5.41) is 19.4. The van der Waals surface area contributed by atoms with Gasteiger partial charge in [0.1, 0.15) is 18.9 Å². The average Bonchev–Trinajstić information content (AvgIpc) is 3.10. The fourth-order valence-corrected chi connectivity index (χ4v) is 3.44. The molecule has 2 aromatic heterocycles. The number of alkyl halides is 2. The van der Waals surface area contributed by atoms with Crippen molar-refractivity contribution in [2.45, 2.75) is 19.5 Å². The molecule has 0 fully saturated rings. The van der Waals surface area contributed by atoms with Gasteiger partial charge in [-0.2, -0.15) is 10.2 Å². The monoisotopic (exact) mass is 448 g/mol. The molecule has 0 aliphatic heterocycles. The fourth-order valence-electron chi connectivity index (χ4n) is 3.23. The second kappa shape index (κ2) is 8.31. The molecular formula is C20H15ClF2N4O4. The van der Waals surface area contributed by atoms with Gasteiger partial charge in [-0.1, -0.05) is 29.8 Å². The van der Waals surface area contributed by atoms with E-state index in [0.717, 1.165) is 4.68 Å². The highest BCUT2D eigenvalue weighted by atomic mass is 35.5. The van der Waals surface area contributed by atoms with E-state index in [1.807, 2.05) is 0 Å². The highest BCUT2D eigenvalue weighted by Gasteiger charge is 2.15. The molecule has 4 rings (SSSR count). The molecule has 160 valence electrons. The summed E-state index contributed by atoms with van der Waals surface area (Å²) < 4.78 is 32.3. The molecule has 0 aliphatic rings. The molecule has 0 unspecified atom stereocenters. The number of carbonyl (C=O) groups is 1. The molecule has 31 heavy (non-hydrogen) atoms. The van der Waals surface area contributed by atoms with Crippen LogP contribution in [-0.4, -0.2) is 43.7 Å². The zero-order valence-electron chi connectivity index (χ0n) is 15.8. The first-order valence-electron chi connectivity index (χ1n) is 9.10. The number of rotatable bonds is 7. The standard InChI is InChI=1S/C20H15ClF2N4O4/c21-14-6-15-11(5-17(14)31-10-18(22)23)7-26(24-15)8-16-12-3-1-2-4-13(12)20(30)27(25-16)9-19(28)29/h1-7,18H,8-10H2,(H,28,29). The van der Waals surface area contributed by atoms with Crippen LogP contribution in [0.25, 0.3) is 21.7 Å². The highest BCUT2D eigenvalue weighted by Crippen LogP contribution is 2.30. The maximum atomic E-state index is 12.5. The number of fused-ring (bicyclic) bond motifs is 2. The number of halogens is 3. The first kappa shape index (κ1) is 20.7. The number of aromatic nitrogens is 4. The zero-order chi connectivity index (χ0) is 22.1. The molecule has 0 saturated carbocycles. The van der Waals surface area contributed by atoms with E-state index in [1.165, 1.54) is 12.1 Å². The molecule has 4 aromatic rings. The van der Waals surface area contributed by atoms with Crippen molar-refractivity contribution in [2.75, 3.05) is 6.61 Å². The molecule has 0 aliphatic carbocycles. The lowest BCUT2D eigenvalue weighted by Gasteiger charge is -2.09. The third kappa shape index (κ3) is 4.33. The lowest BCUT2D eigenvalue weighted by Crippen LogP contribution is -2.28. The van der Waals surface area contributed by atoms with E-state index in [9.17, 15) is 18.4 Å². The lowest BCUT2D eigenvalue weighted by atomic mass is 10.1. The Morgan fingerprint density at radius 3 is 2.65 bits per heavy atom. The number of aliphatic carboxylic acids is 1. The van der Waals surface area contributed by atoms with Gasteiger partial charge in [-0.15, -0.1) is 0 Å². The second-order valence-corrected chi connectivity index (χ2v) is 7.13. The minimum atomic E-state index is -2.63. The average molecular weight is 449 g/mol. The maximum absolute atomic E-state index is 12.5. The van der Waals surface area contributed by atoms with Crippen molar-refractivity contribution in [1.82, 2.24) is 19.6 Å². The van der Waals surface area contributed by atoms with Crippen molar-refractivity contribution in [3.63, 3.8) is 0 Å². The van der Waals surface area contributed by atoms with Crippen LogP contribution < -0.4 is 10.3 Å². The van der Waals surface area contributed by atoms with Gasteiger partial charge in [-0.25, -0.2) is 13.5 Å². The van der Waals surface area contributed by atoms with E-state index in [2.05, 4.69) is 10.2 Å². The summed E-state index contributed by atoms with van der Waals surface area (Å²) in [6, 6.07) is 9.78. The summed E-state index contributed by atoms with van der Waals surface area (Å²) in [5.41, 5.74) is 0.460. The summed E-state index contributed by atoms with van der Waals surface area (Å²) in [7, 11) is 0. The molecular weight excluding hydrogens is 434 g/mol. The third-order valence-corrected chi connectivity index (χ3v) is 4.81. The van der Waals surface area contributed by atoms with E-state index in [-0.39, 0.29) is 17.3 Å². The van der Waals surface area contributed by atoms with Crippen LogP contribution in [0.4, 0.5) is 8.78 Å². The zero-order valence-corrected chi connectivity index (χ0v) is 16.6. The van der Waals surface area contributed by atoms with Crippen LogP contribution in [0.2, 0.25) is 5.02 Å². The number of nitrogens with zero attached hydrogens (tertiary/aromatic N) is 4. The predicted octanol–water partition coefficient (Wildman–Crippen LogP) is 3.18. The summed E-state index contributed by atoms with van der Waals surface area (Å²) in [5.74, 6) is -1.07. The summed E-state index contributed by atoms with van der Waals surface area (Å²) in [6.07, 6.45) is -0.973. The minimum absolute atomic E-state index is 0.118. The number of hydrogen-bond acceptors (Lipinski definition) is 5. The van der Waals surface area contributed by atoms with E-state index >= 15 is 0 Å². The molecule has 0 amide bonds. The van der Waals surface area contributed by atoms with Crippen LogP contribution in [0.3, 0.4) is 0 Å². The number of carboxylic acid groups (broad SMARTS) is 1. The Labute approximate surface area is 178 Å². The summed E-state index contributed by atoms with van der Waals surface area (Å²) >= 11 is 6.10. The largest absolute Gasteiger partial charge is 0.486 e. The molecule has 2 aromatic carbocycles. The van der Waals surface area contributed by atoms with Crippen LogP contribution in [-0.2, 0) is 17.9 Å². The van der Waals surface area contributed by atoms with Crippen molar-refractivity contribution in [2.24, 2.45) is 0 Å². The van der Waals surface area contributed by atoms with Gasteiger partial charge in [0, 0.05) is 17.0 Å². The molecule has 0 atom stereocenters. The van der Waals surface area contributed by atoms with E-state index in [1.54, 1.807) is 35.1 Å². The molecule has 2 heterocycles. The Bertz CT molecular complexity index is 1350. The topological polar surface area (TPSA) is 99.2 Å². The minimum Gasteiger partial charge on any atom is -0.486 e. The van der Waals surface area contributed by atoms with Crippen LogP contribution in [0.1, 0.15) is 5.69 Å². The third-order valence-electron chi connectivity index (χ3n) is 4.51. The Morgan fingerprint density at radius 1 is 1.19 bits per heavy atom. The lowest BCUT2D eigenvalue weighted by molar-refractivity contribution is -0.138. The normalized spacial score (nSPS) is 11.5. The van der Waals surface area contributed by atoms with Gasteiger partial charge >= 0.3 is 5.97 Å². The smallest absolute Gasteiger partial charge is 0.325 e. The van der Waals surface area contributed by atoms with Gasteiger partial charge in [0.2, 0.25) is 0 Å². The Morgan fingerprint density at radius 2 is 1.94 bits per heavy atom. The van der Waals surface area contributed by atoms with E-state index in [4.69, 9.17) is 21.4 Å². The van der Waals surface area contributed by atoms with Crippen molar-refractivity contribution < 1.29 is 23.4 Å². The van der Waals surface area contributed by atoms with Gasteiger partial charge in [-0.3, -0.25) is 14.3 Å². The molecule has 0 spiro atoms. The fraction of sp³-hybridized carbons (Fsp3) is 0.200. The Kier molecular flexibility index (Phi) is 5.55.